The second kappa shape index (κ2) is 9.28. The number of ether oxygens (including phenoxy) is 2. The van der Waals surface area contributed by atoms with Gasteiger partial charge >= 0.3 is 5.97 Å². The SMILES string of the molecule is N#Cc1ccc(S(=O)(=O)NCC(=O)OCC(=O)NCC2CCCO2)cc1. The fourth-order valence-corrected chi connectivity index (χ4v) is 3.20. The van der Waals surface area contributed by atoms with Gasteiger partial charge in [-0.1, -0.05) is 0 Å². The summed E-state index contributed by atoms with van der Waals surface area (Å²) in [5.74, 6) is -1.36. The Bertz CT molecular complexity index is 779. The van der Waals surface area contributed by atoms with Crippen molar-refractivity contribution in [2.45, 2.75) is 23.8 Å². The predicted octanol–water partition coefficient (Wildman–Crippen LogP) is -0.325. The Balaban J connectivity index is 1.71. The van der Waals surface area contributed by atoms with E-state index >= 15 is 0 Å². The Hall–Kier alpha value is -2.48. The van der Waals surface area contributed by atoms with Crippen LogP contribution in [-0.2, 0) is 29.1 Å². The fourth-order valence-electron chi connectivity index (χ4n) is 2.23. The molecule has 2 rings (SSSR count). The summed E-state index contributed by atoms with van der Waals surface area (Å²) in [4.78, 5) is 23.1. The summed E-state index contributed by atoms with van der Waals surface area (Å²) in [6, 6.07) is 7.09. The highest BCUT2D eigenvalue weighted by molar-refractivity contribution is 7.89. The van der Waals surface area contributed by atoms with E-state index < -0.39 is 35.1 Å². The number of amides is 1. The molecule has 1 heterocycles. The second-order valence-electron chi connectivity index (χ2n) is 5.56. The fraction of sp³-hybridized carbons (Fsp3) is 0.438. The molecule has 140 valence electrons. The van der Waals surface area contributed by atoms with Crippen molar-refractivity contribution in [2.24, 2.45) is 0 Å². The van der Waals surface area contributed by atoms with Crippen LogP contribution < -0.4 is 10.0 Å². The standard InChI is InChI=1S/C16H19N3O6S/c17-8-12-3-5-14(6-4-12)26(22,23)19-10-16(21)25-11-15(20)18-9-13-2-1-7-24-13/h3-6,13,19H,1-2,7,9-11H2,(H,18,20). The second-order valence-corrected chi connectivity index (χ2v) is 7.33. The minimum Gasteiger partial charge on any atom is -0.455 e. The molecule has 10 heteroatoms. The number of nitrogens with zero attached hydrogens (tertiary/aromatic N) is 1. The topological polar surface area (TPSA) is 135 Å². The number of carbonyl (C=O) groups excluding carboxylic acids is 2. The Morgan fingerprint density at radius 1 is 1.31 bits per heavy atom. The van der Waals surface area contributed by atoms with Gasteiger partial charge in [-0.3, -0.25) is 9.59 Å². The maximum absolute atomic E-state index is 12.0. The quantitative estimate of drug-likeness (QED) is 0.589. The smallest absolute Gasteiger partial charge is 0.321 e. The van der Waals surface area contributed by atoms with Crippen molar-refractivity contribution in [3.8, 4) is 6.07 Å². The zero-order valence-electron chi connectivity index (χ0n) is 13.9. The third kappa shape index (κ3) is 6.11. The number of benzene rings is 1. The molecular formula is C16H19N3O6S. The average Bonchev–Trinajstić information content (AvgIpc) is 3.16. The summed E-state index contributed by atoms with van der Waals surface area (Å²) in [6.45, 7) is -0.0812. The largest absolute Gasteiger partial charge is 0.455 e. The third-order valence-corrected chi connectivity index (χ3v) is 5.03. The maximum atomic E-state index is 12.0. The van der Waals surface area contributed by atoms with Crippen LogP contribution in [0.25, 0.3) is 0 Å². The number of esters is 1. The van der Waals surface area contributed by atoms with Gasteiger partial charge in [0.05, 0.1) is 22.6 Å². The number of nitrogens with one attached hydrogen (secondary N) is 2. The summed E-state index contributed by atoms with van der Waals surface area (Å²) in [5, 5.41) is 11.3. The Labute approximate surface area is 151 Å². The number of sulfonamides is 1. The van der Waals surface area contributed by atoms with Crippen molar-refractivity contribution in [3.05, 3.63) is 29.8 Å². The summed E-state index contributed by atoms with van der Waals surface area (Å²) in [7, 11) is -3.92. The monoisotopic (exact) mass is 381 g/mol. The van der Waals surface area contributed by atoms with E-state index in [2.05, 4.69) is 10.0 Å². The molecule has 1 saturated heterocycles. The summed E-state index contributed by atoms with van der Waals surface area (Å²) in [6.07, 6.45) is 1.81. The van der Waals surface area contributed by atoms with Gasteiger partial charge in [0, 0.05) is 13.2 Å². The molecule has 1 aliphatic heterocycles. The zero-order chi connectivity index (χ0) is 19.0. The molecule has 0 radical (unpaired) electrons. The molecule has 1 aromatic carbocycles. The van der Waals surface area contributed by atoms with E-state index in [4.69, 9.17) is 14.7 Å². The van der Waals surface area contributed by atoms with Crippen molar-refractivity contribution in [2.75, 3.05) is 26.3 Å². The Morgan fingerprint density at radius 3 is 2.65 bits per heavy atom. The summed E-state index contributed by atoms with van der Waals surface area (Å²) < 4.78 is 36.2. The van der Waals surface area contributed by atoms with Crippen LogP contribution in [0.4, 0.5) is 0 Å². The molecule has 0 spiro atoms. The molecule has 1 aromatic rings. The molecule has 1 atom stereocenters. The minimum atomic E-state index is -3.92. The lowest BCUT2D eigenvalue weighted by Gasteiger charge is -2.11. The van der Waals surface area contributed by atoms with E-state index in [1.807, 2.05) is 6.07 Å². The molecule has 1 fully saturated rings. The van der Waals surface area contributed by atoms with Crippen LogP contribution in [0.3, 0.4) is 0 Å². The zero-order valence-corrected chi connectivity index (χ0v) is 14.8. The van der Waals surface area contributed by atoms with Crippen LogP contribution in [0.15, 0.2) is 29.2 Å². The van der Waals surface area contributed by atoms with E-state index in [0.717, 1.165) is 12.8 Å². The van der Waals surface area contributed by atoms with Crippen LogP contribution in [0.1, 0.15) is 18.4 Å². The van der Waals surface area contributed by atoms with Gasteiger partial charge in [-0.2, -0.15) is 9.98 Å². The third-order valence-electron chi connectivity index (χ3n) is 3.62. The van der Waals surface area contributed by atoms with E-state index in [9.17, 15) is 18.0 Å². The minimum absolute atomic E-state index is 0.0196. The summed E-state index contributed by atoms with van der Waals surface area (Å²) >= 11 is 0. The number of nitriles is 1. The van der Waals surface area contributed by atoms with Crippen molar-refractivity contribution in [1.82, 2.24) is 10.0 Å². The highest BCUT2D eigenvalue weighted by Gasteiger charge is 2.18. The first-order valence-corrected chi connectivity index (χ1v) is 9.43. The maximum Gasteiger partial charge on any atom is 0.321 e. The van der Waals surface area contributed by atoms with Crippen LogP contribution >= 0.6 is 0 Å². The summed E-state index contributed by atoms with van der Waals surface area (Å²) in [5.41, 5.74) is 0.317. The van der Waals surface area contributed by atoms with E-state index in [1.165, 1.54) is 24.3 Å². The Morgan fingerprint density at radius 2 is 2.04 bits per heavy atom. The van der Waals surface area contributed by atoms with Gasteiger partial charge < -0.3 is 14.8 Å². The number of hydrogen-bond acceptors (Lipinski definition) is 7. The molecule has 0 aromatic heterocycles. The molecule has 1 unspecified atom stereocenters. The lowest BCUT2D eigenvalue weighted by atomic mass is 10.2. The first-order valence-electron chi connectivity index (χ1n) is 7.94. The molecule has 0 aliphatic carbocycles. The number of carbonyl (C=O) groups is 2. The van der Waals surface area contributed by atoms with E-state index in [1.54, 1.807) is 0 Å². The highest BCUT2D eigenvalue weighted by Crippen LogP contribution is 2.10. The predicted molar refractivity (Wildman–Crippen MR) is 89.3 cm³/mol. The molecule has 2 N–H and O–H groups in total. The van der Waals surface area contributed by atoms with Crippen LogP contribution in [0, 0.1) is 11.3 Å². The molecule has 9 nitrogen and oxygen atoms in total. The van der Waals surface area contributed by atoms with Gasteiger partial charge in [-0.15, -0.1) is 0 Å². The first kappa shape index (κ1) is 19.8. The lowest BCUT2D eigenvalue weighted by Crippen LogP contribution is -2.36. The Kier molecular flexibility index (Phi) is 7.08. The molecule has 0 bridgehead atoms. The van der Waals surface area contributed by atoms with Gasteiger partial charge in [0.25, 0.3) is 5.91 Å². The molecule has 1 aliphatic rings. The van der Waals surface area contributed by atoms with Crippen LogP contribution in [0.5, 0.6) is 0 Å². The van der Waals surface area contributed by atoms with Gasteiger partial charge in [-0.05, 0) is 37.1 Å². The molecular weight excluding hydrogens is 362 g/mol. The van der Waals surface area contributed by atoms with Gasteiger partial charge in [0.1, 0.15) is 6.54 Å². The highest BCUT2D eigenvalue weighted by atomic mass is 32.2. The van der Waals surface area contributed by atoms with Crippen molar-refractivity contribution in [1.29, 1.82) is 5.26 Å². The van der Waals surface area contributed by atoms with Crippen LogP contribution in [-0.4, -0.2) is 52.7 Å². The average molecular weight is 381 g/mol. The normalized spacial score (nSPS) is 16.7. The van der Waals surface area contributed by atoms with Gasteiger partial charge in [-0.25, -0.2) is 8.42 Å². The molecule has 26 heavy (non-hydrogen) atoms. The number of hydrogen-bond donors (Lipinski definition) is 2. The van der Waals surface area contributed by atoms with E-state index in [0.29, 0.717) is 18.7 Å². The van der Waals surface area contributed by atoms with Crippen molar-refractivity contribution in [3.63, 3.8) is 0 Å². The molecule has 0 saturated carbocycles. The van der Waals surface area contributed by atoms with E-state index in [-0.39, 0.29) is 11.0 Å². The van der Waals surface area contributed by atoms with Gasteiger partial charge in [0.15, 0.2) is 6.61 Å². The van der Waals surface area contributed by atoms with Crippen LogP contribution in [0.2, 0.25) is 0 Å². The van der Waals surface area contributed by atoms with Gasteiger partial charge in [0.2, 0.25) is 10.0 Å². The van der Waals surface area contributed by atoms with Crippen molar-refractivity contribution >= 4 is 21.9 Å². The first-order chi connectivity index (χ1) is 12.4. The lowest BCUT2D eigenvalue weighted by molar-refractivity contribution is -0.147. The molecule has 1 amide bonds. The van der Waals surface area contributed by atoms with Crippen molar-refractivity contribution < 1.29 is 27.5 Å². The number of rotatable bonds is 8.